The van der Waals surface area contributed by atoms with E-state index in [0.29, 0.717) is 5.92 Å². The first kappa shape index (κ1) is 13.2. The molecule has 0 aromatic heterocycles. The molecular weight excluding hydrogens is 201 g/mol. The maximum Gasteiger partial charge on any atom is 0.123 e. The highest BCUT2D eigenvalue weighted by molar-refractivity contribution is 5.20. The zero-order valence-corrected chi connectivity index (χ0v) is 10.5. The Balaban J connectivity index is 2.83. The average molecular weight is 223 g/mol. The van der Waals surface area contributed by atoms with Crippen molar-refractivity contribution >= 4 is 0 Å². The first-order chi connectivity index (χ1) is 7.69. The molecule has 0 aliphatic carbocycles. The molecule has 0 heterocycles. The van der Waals surface area contributed by atoms with E-state index in [1.807, 2.05) is 6.07 Å². The van der Waals surface area contributed by atoms with Gasteiger partial charge in [-0.3, -0.25) is 0 Å². The minimum atomic E-state index is -0.149. The lowest BCUT2D eigenvalue weighted by atomic mass is 9.91. The normalized spacial score (nSPS) is 14.8. The Morgan fingerprint density at radius 2 is 2.06 bits per heavy atom. The summed E-state index contributed by atoms with van der Waals surface area (Å²) in [4.78, 5) is 0. The van der Waals surface area contributed by atoms with E-state index in [-0.39, 0.29) is 11.9 Å². The van der Waals surface area contributed by atoms with Crippen LogP contribution in [0.15, 0.2) is 24.3 Å². The molecule has 1 nitrogen and oxygen atoms in total. The SMILES string of the molecule is CCCC(C)C(NCC)c1cccc(F)c1. The van der Waals surface area contributed by atoms with Crippen molar-refractivity contribution in [2.75, 3.05) is 6.54 Å². The second-order valence-corrected chi connectivity index (χ2v) is 4.36. The van der Waals surface area contributed by atoms with Gasteiger partial charge in [0.15, 0.2) is 0 Å². The van der Waals surface area contributed by atoms with Crippen LogP contribution >= 0.6 is 0 Å². The van der Waals surface area contributed by atoms with Crippen LogP contribution in [0.5, 0.6) is 0 Å². The lowest BCUT2D eigenvalue weighted by Gasteiger charge is -2.25. The van der Waals surface area contributed by atoms with Gasteiger partial charge in [-0.2, -0.15) is 0 Å². The van der Waals surface area contributed by atoms with Crippen molar-refractivity contribution in [2.45, 2.75) is 39.7 Å². The number of rotatable bonds is 6. The fourth-order valence-electron chi connectivity index (χ4n) is 2.19. The number of hydrogen-bond donors (Lipinski definition) is 1. The highest BCUT2D eigenvalue weighted by atomic mass is 19.1. The van der Waals surface area contributed by atoms with Gasteiger partial charge < -0.3 is 5.32 Å². The van der Waals surface area contributed by atoms with E-state index in [4.69, 9.17) is 0 Å². The predicted molar refractivity (Wildman–Crippen MR) is 66.9 cm³/mol. The summed E-state index contributed by atoms with van der Waals surface area (Å²) in [7, 11) is 0. The summed E-state index contributed by atoms with van der Waals surface area (Å²) in [6, 6.07) is 7.19. The third-order valence-corrected chi connectivity index (χ3v) is 2.94. The zero-order valence-electron chi connectivity index (χ0n) is 10.5. The Morgan fingerprint density at radius 3 is 2.62 bits per heavy atom. The number of nitrogens with one attached hydrogen (secondary N) is 1. The highest BCUT2D eigenvalue weighted by Gasteiger charge is 2.17. The Bertz CT molecular complexity index is 311. The van der Waals surface area contributed by atoms with Gasteiger partial charge in [-0.1, -0.05) is 39.3 Å². The van der Waals surface area contributed by atoms with Crippen molar-refractivity contribution in [3.8, 4) is 0 Å². The van der Waals surface area contributed by atoms with Crippen LogP contribution in [-0.2, 0) is 0 Å². The minimum Gasteiger partial charge on any atom is -0.310 e. The third kappa shape index (κ3) is 3.60. The average Bonchev–Trinajstić information content (AvgIpc) is 2.26. The fraction of sp³-hybridized carbons (Fsp3) is 0.571. The monoisotopic (exact) mass is 223 g/mol. The molecule has 0 spiro atoms. The van der Waals surface area contributed by atoms with Gasteiger partial charge in [0, 0.05) is 6.04 Å². The summed E-state index contributed by atoms with van der Waals surface area (Å²) in [5, 5.41) is 3.44. The molecular formula is C14H22FN. The van der Waals surface area contributed by atoms with Crippen molar-refractivity contribution in [3.05, 3.63) is 35.6 Å². The van der Waals surface area contributed by atoms with E-state index in [9.17, 15) is 4.39 Å². The first-order valence-corrected chi connectivity index (χ1v) is 6.17. The van der Waals surface area contributed by atoms with Crippen LogP contribution < -0.4 is 5.32 Å². The standard InChI is InChI=1S/C14H22FN/c1-4-7-11(3)14(16-5-2)12-8-6-9-13(15)10-12/h6,8-11,14,16H,4-5,7H2,1-3H3. The van der Waals surface area contributed by atoms with E-state index in [1.54, 1.807) is 12.1 Å². The molecule has 0 fully saturated rings. The molecule has 1 rings (SSSR count). The van der Waals surface area contributed by atoms with Crippen LogP contribution in [0.3, 0.4) is 0 Å². The minimum absolute atomic E-state index is 0.149. The second kappa shape index (κ2) is 6.64. The van der Waals surface area contributed by atoms with E-state index in [0.717, 1.165) is 18.5 Å². The molecule has 1 N–H and O–H groups in total. The van der Waals surface area contributed by atoms with Crippen LogP contribution in [0.1, 0.15) is 45.2 Å². The summed E-state index contributed by atoms with van der Waals surface area (Å²) in [5.74, 6) is 0.385. The lowest BCUT2D eigenvalue weighted by Crippen LogP contribution is -2.26. The number of hydrogen-bond acceptors (Lipinski definition) is 1. The molecule has 0 saturated heterocycles. The maximum atomic E-state index is 13.2. The van der Waals surface area contributed by atoms with Crippen LogP contribution in [-0.4, -0.2) is 6.54 Å². The molecule has 90 valence electrons. The Morgan fingerprint density at radius 1 is 1.31 bits per heavy atom. The van der Waals surface area contributed by atoms with Crippen molar-refractivity contribution in [2.24, 2.45) is 5.92 Å². The van der Waals surface area contributed by atoms with Crippen molar-refractivity contribution in [1.29, 1.82) is 0 Å². The Labute approximate surface area is 98.1 Å². The molecule has 0 saturated carbocycles. The molecule has 0 bridgehead atoms. The molecule has 2 atom stereocenters. The summed E-state index contributed by atoms with van der Waals surface area (Å²) < 4.78 is 13.2. The predicted octanol–water partition coefficient (Wildman–Crippen LogP) is 3.91. The fourth-order valence-corrected chi connectivity index (χ4v) is 2.19. The smallest absolute Gasteiger partial charge is 0.123 e. The van der Waals surface area contributed by atoms with Gasteiger partial charge in [0.1, 0.15) is 5.82 Å². The first-order valence-electron chi connectivity index (χ1n) is 6.17. The van der Waals surface area contributed by atoms with Crippen molar-refractivity contribution < 1.29 is 4.39 Å². The Hall–Kier alpha value is -0.890. The van der Waals surface area contributed by atoms with E-state index in [2.05, 4.69) is 26.1 Å². The number of benzene rings is 1. The summed E-state index contributed by atoms with van der Waals surface area (Å²) in [6.45, 7) is 7.41. The molecule has 2 heteroatoms. The van der Waals surface area contributed by atoms with Crippen LogP contribution in [0.2, 0.25) is 0 Å². The molecule has 0 radical (unpaired) electrons. The number of halogens is 1. The molecule has 2 unspecified atom stereocenters. The molecule has 0 aliphatic heterocycles. The van der Waals surface area contributed by atoms with Gasteiger partial charge in [-0.05, 0) is 36.6 Å². The Kier molecular flexibility index (Phi) is 5.47. The van der Waals surface area contributed by atoms with Gasteiger partial charge in [0.2, 0.25) is 0 Å². The highest BCUT2D eigenvalue weighted by Crippen LogP contribution is 2.25. The van der Waals surface area contributed by atoms with Gasteiger partial charge in [0.05, 0.1) is 0 Å². The summed E-state index contributed by atoms with van der Waals surface area (Å²) in [5.41, 5.74) is 1.06. The maximum absolute atomic E-state index is 13.2. The zero-order chi connectivity index (χ0) is 12.0. The molecule has 0 amide bonds. The lowest BCUT2D eigenvalue weighted by molar-refractivity contribution is 0.368. The second-order valence-electron chi connectivity index (χ2n) is 4.36. The van der Waals surface area contributed by atoms with Gasteiger partial charge in [-0.25, -0.2) is 4.39 Å². The van der Waals surface area contributed by atoms with Gasteiger partial charge >= 0.3 is 0 Å². The van der Waals surface area contributed by atoms with Crippen LogP contribution in [0.25, 0.3) is 0 Å². The molecule has 0 aliphatic rings. The van der Waals surface area contributed by atoms with Crippen molar-refractivity contribution in [3.63, 3.8) is 0 Å². The van der Waals surface area contributed by atoms with E-state index >= 15 is 0 Å². The largest absolute Gasteiger partial charge is 0.310 e. The topological polar surface area (TPSA) is 12.0 Å². The van der Waals surface area contributed by atoms with Gasteiger partial charge in [0.25, 0.3) is 0 Å². The third-order valence-electron chi connectivity index (χ3n) is 2.94. The summed E-state index contributed by atoms with van der Waals surface area (Å²) >= 11 is 0. The van der Waals surface area contributed by atoms with Crippen molar-refractivity contribution in [1.82, 2.24) is 5.32 Å². The molecule has 1 aromatic carbocycles. The van der Waals surface area contributed by atoms with E-state index in [1.165, 1.54) is 12.5 Å². The van der Waals surface area contributed by atoms with Gasteiger partial charge in [-0.15, -0.1) is 0 Å². The molecule has 1 aromatic rings. The quantitative estimate of drug-likeness (QED) is 0.771. The molecule has 16 heavy (non-hydrogen) atoms. The van der Waals surface area contributed by atoms with E-state index < -0.39 is 0 Å². The van der Waals surface area contributed by atoms with Crippen LogP contribution in [0, 0.1) is 11.7 Å². The summed E-state index contributed by atoms with van der Waals surface area (Å²) in [6.07, 6.45) is 2.33. The van der Waals surface area contributed by atoms with Crippen LogP contribution in [0.4, 0.5) is 4.39 Å².